The zero-order chi connectivity index (χ0) is 12.7. The summed E-state index contributed by atoms with van der Waals surface area (Å²) < 4.78 is 25.2. The van der Waals surface area contributed by atoms with Crippen LogP contribution >= 0.6 is 0 Å². The molecule has 0 atom stereocenters. The first-order valence-corrected chi connectivity index (χ1v) is 6.02. The van der Waals surface area contributed by atoms with Crippen LogP contribution in [0.1, 0.15) is 32.1 Å². The van der Waals surface area contributed by atoms with Crippen LogP contribution in [-0.4, -0.2) is 42.7 Å². The maximum Gasteiger partial charge on any atom is 0.282 e. The number of halogens is 2. The second kappa shape index (κ2) is 6.86. The Morgan fingerprint density at radius 2 is 1.94 bits per heavy atom. The minimum Gasteiger partial charge on any atom is -0.390 e. The Morgan fingerprint density at radius 3 is 2.53 bits per heavy atom. The summed E-state index contributed by atoms with van der Waals surface area (Å²) in [5.41, 5.74) is 0. The highest BCUT2D eigenvalue weighted by atomic mass is 19.3. The SMILES string of the molecule is O=C(CNCC(F)(F)CO)NC1CCCCC1. The second-order valence-corrected chi connectivity index (χ2v) is 4.52. The molecule has 6 heteroatoms. The summed E-state index contributed by atoms with van der Waals surface area (Å²) in [5.74, 6) is -3.42. The van der Waals surface area contributed by atoms with E-state index in [9.17, 15) is 13.6 Å². The van der Waals surface area contributed by atoms with Crippen molar-refractivity contribution in [2.24, 2.45) is 0 Å². The van der Waals surface area contributed by atoms with Crippen molar-refractivity contribution in [3.63, 3.8) is 0 Å². The molecule has 0 unspecified atom stereocenters. The van der Waals surface area contributed by atoms with E-state index < -0.39 is 19.1 Å². The average molecular weight is 250 g/mol. The Bertz CT molecular complexity index is 244. The number of rotatable bonds is 6. The van der Waals surface area contributed by atoms with E-state index >= 15 is 0 Å². The van der Waals surface area contributed by atoms with Gasteiger partial charge < -0.3 is 15.7 Å². The van der Waals surface area contributed by atoms with Gasteiger partial charge in [-0.15, -0.1) is 0 Å². The molecule has 0 saturated heterocycles. The first kappa shape index (κ1) is 14.3. The molecule has 1 aliphatic carbocycles. The molecule has 0 aliphatic heterocycles. The maximum atomic E-state index is 12.6. The number of carbonyl (C=O) groups is 1. The number of nitrogens with one attached hydrogen (secondary N) is 2. The van der Waals surface area contributed by atoms with Gasteiger partial charge in [-0.3, -0.25) is 4.79 Å². The molecule has 4 nitrogen and oxygen atoms in total. The number of aliphatic hydroxyl groups is 1. The molecule has 0 spiro atoms. The van der Waals surface area contributed by atoms with E-state index in [1.54, 1.807) is 0 Å². The highest BCUT2D eigenvalue weighted by Gasteiger charge is 2.27. The molecule has 0 radical (unpaired) electrons. The van der Waals surface area contributed by atoms with Gasteiger partial charge in [0.05, 0.1) is 13.1 Å². The number of hydrogen-bond acceptors (Lipinski definition) is 3. The average Bonchev–Trinajstić information content (AvgIpc) is 2.30. The number of aliphatic hydroxyl groups excluding tert-OH is 1. The van der Waals surface area contributed by atoms with Gasteiger partial charge in [0.2, 0.25) is 5.91 Å². The van der Waals surface area contributed by atoms with Gasteiger partial charge in [0.1, 0.15) is 6.61 Å². The van der Waals surface area contributed by atoms with Crippen LogP contribution < -0.4 is 10.6 Å². The Hall–Kier alpha value is -0.750. The zero-order valence-electron chi connectivity index (χ0n) is 9.85. The van der Waals surface area contributed by atoms with Crippen molar-refractivity contribution in [2.75, 3.05) is 19.7 Å². The molecule has 3 N–H and O–H groups in total. The normalized spacial score (nSPS) is 18.1. The molecule has 0 bridgehead atoms. The van der Waals surface area contributed by atoms with Crippen molar-refractivity contribution in [3.05, 3.63) is 0 Å². The molecule has 1 saturated carbocycles. The predicted octanol–water partition coefficient (Wildman–Crippen LogP) is 0.652. The fourth-order valence-electron chi connectivity index (χ4n) is 1.94. The van der Waals surface area contributed by atoms with Gasteiger partial charge in [-0.05, 0) is 12.8 Å². The van der Waals surface area contributed by atoms with Crippen LogP contribution in [0.4, 0.5) is 8.78 Å². The highest BCUT2D eigenvalue weighted by Crippen LogP contribution is 2.17. The smallest absolute Gasteiger partial charge is 0.282 e. The third-order valence-electron chi connectivity index (χ3n) is 2.87. The van der Waals surface area contributed by atoms with Crippen LogP contribution in [0.25, 0.3) is 0 Å². The summed E-state index contributed by atoms with van der Waals surface area (Å²) in [6, 6.07) is 0.191. The van der Waals surface area contributed by atoms with E-state index in [-0.39, 0.29) is 18.5 Å². The van der Waals surface area contributed by atoms with Crippen molar-refractivity contribution >= 4 is 5.91 Å². The lowest BCUT2D eigenvalue weighted by molar-refractivity contribution is -0.121. The first-order chi connectivity index (χ1) is 8.03. The lowest BCUT2D eigenvalue weighted by atomic mass is 9.95. The summed E-state index contributed by atoms with van der Waals surface area (Å²) in [4.78, 5) is 11.4. The predicted molar refractivity (Wildman–Crippen MR) is 59.9 cm³/mol. The van der Waals surface area contributed by atoms with E-state index in [0.29, 0.717) is 0 Å². The first-order valence-electron chi connectivity index (χ1n) is 6.02. The molecule has 100 valence electrons. The van der Waals surface area contributed by atoms with Crippen molar-refractivity contribution < 1.29 is 18.7 Å². The molecule has 0 aromatic heterocycles. The van der Waals surface area contributed by atoms with Crippen LogP contribution in [0.2, 0.25) is 0 Å². The fraction of sp³-hybridized carbons (Fsp3) is 0.909. The lowest BCUT2D eigenvalue weighted by Gasteiger charge is -2.23. The highest BCUT2D eigenvalue weighted by molar-refractivity contribution is 5.78. The zero-order valence-corrected chi connectivity index (χ0v) is 9.85. The van der Waals surface area contributed by atoms with Crippen molar-refractivity contribution in [1.29, 1.82) is 0 Å². The molecule has 0 aromatic rings. The van der Waals surface area contributed by atoms with Crippen molar-refractivity contribution in [1.82, 2.24) is 10.6 Å². The van der Waals surface area contributed by atoms with Gasteiger partial charge in [0.25, 0.3) is 5.92 Å². The summed E-state index contributed by atoms with van der Waals surface area (Å²) in [5, 5.41) is 13.5. The van der Waals surface area contributed by atoms with Gasteiger partial charge in [-0.25, -0.2) is 8.78 Å². The van der Waals surface area contributed by atoms with E-state index in [4.69, 9.17) is 5.11 Å². The van der Waals surface area contributed by atoms with Crippen LogP contribution in [-0.2, 0) is 4.79 Å². The van der Waals surface area contributed by atoms with E-state index in [2.05, 4.69) is 10.6 Å². The Balaban J connectivity index is 2.12. The van der Waals surface area contributed by atoms with Gasteiger partial charge in [0.15, 0.2) is 0 Å². The Morgan fingerprint density at radius 1 is 1.29 bits per heavy atom. The van der Waals surface area contributed by atoms with Crippen LogP contribution in [0.15, 0.2) is 0 Å². The largest absolute Gasteiger partial charge is 0.390 e. The van der Waals surface area contributed by atoms with Crippen LogP contribution in [0.3, 0.4) is 0 Å². The lowest BCUT2D eigenvalue weighted by Crippen LogP contribution is -2.44. The number of alkyl halides is 2. The quantitative estimate of drug-likeness (QED) is 0.648. The molecular weight excluding hydrogens is 230 g/mol. The molecule has 1 rings (SSSR count). The Labute approximate surface area is 99.8 Å². The summed E-state index contributed by atoms with van der Waals surface area (Å²) in [6.45, 7) is -2.02. The maximum absolute atomic E-state index is 12.6. The molecular formula is C11H20F2N2O2. The minimum absolute atomic E-state index is 0.133. The monoisotopic (exact) mass is 250 g/mol. The summed E-state index contributed by atoms with van der Waals surface area (Å²) in [7, 11) is 0. The molecule has 17 heavy (non-hydrogen) atoms. The van der Waals surface area contributed by atoms with E-state index in [1.165, 1.54) is 6.42 Å². The summed E-state index contributed by atoms with van der Waals surface area (Å²) in [6.07, 6.45) is 5.37. The molecule has 1 amide bonds. The summed E-state index contributed by atoms with van der Waals surface area (Å²) >= 11 is 0. The topological polar surface area (TPSA) is 61.4 Å². The Kier molecular flexibility index (Phi) is 5.77. The van der Waals surface area contributed by atoms with Crippen LogP contribution in [0.5, 0.6) is 0 Å². The van der Waals surface area contributed by atoms with E-state index in [0.717, 1.165) is 25.7 Å². The second-order valence-electron chi connectivity index (χ2n) is 4.52. The third-order valence-corrected chi connectivity index (χ3v) is 2.87. The minimum atomic E-state index is -3.16. The van der Waals surface area contributed by atoms with Crippen molar-refractivity contribution in [3.8, 4) is 0 Å². The van der Waals surface area contributed by atoms with Gasteiger partial charge in [0, 0.05) is 6.04 Å². The number of carbonyl (C=O) groups excluding carboxylic acids is 1. The standard InChI is InChI=1S/C11H20F2N2O2/c12-11(13,8-16)7-14-6-10(17)15-9-4-2-1-3-5-9/h9,14,16H,1-8H2,(H,15,17). The molecule has 1 aliphatic rings. The molecule has 0 aromatic carbocycles. The molecule has 0 heterocycles. The number of hydrogen-bond donors (Lipinski definition) is 3. The third kappa shape index (κ3) is 5.93. The van der Waals surface area contributed by atoms with E-state index in [1.807, 2.05) is 0 Å². The molecule has 1 fully saturated rings. The van der Waals surface area contributed by atoms with Gasteiger partial charge >= 0.3 is 0 Å². The fourth-order valence-corrected chi connectivity index (χ4v) is 1.94. The van der Waals surface area contributed by atoms with Crippen LogP contribution in [0, 0.1) is 0 Å². The number of amides is 1. The van der Waals surface area contributed by atoms with Crippen molar-refractivity contribution in [2.45, 2.75) is 44.1 Å². The van der Waals surface area contributed by atoms with Gasteiger partial charge in [-0.2, -0.15) is 0 Å². The van der Waals surface area contributed by atoms with Gasteiger partial charge in [-0.1, -0.05) is 19.3 Å².